The molecular weight excluding hydrogens is 360 g/mol. The van der Waals surface area contributed by atoms with Crippen LogP contribution in [0, 0.1) is 5.92 Å². The quantitative estimate of drug-likeness (QED) is 0.683. The molecule has 1 aliphatic rings. The van der Waals surface area contributed by atoms with Crippen molar-refractivity contribution in [3.63, 3.8) is 0 Å². The van der Waals surface area contributed by atoms with Gasteiger partial charge in [-0.2, -0.15) is 5.10 Å². The molecule has 9 heteroatoms. The van der Waals surface area contributed by atoms with Crippen molar-refractivity contribution in [1.29, 1.82) is 0 Å². The minimum absolute atomic E-state index is 0.185. The Morgan fingerprint density at radius 1 is 1.43 bits per heavy atom. The van der Waals surface area contributed by atoms with E-state index in [1.54, 1.807) is 6.20 Å². The van der Waals surface area contributed by atoms with Crippen LogP contribution in [0.1, 0.15) is 19.3 Å². The van der Waals surface area contributed by atoms with E-state index in [1.165, 1.54) is 11.1 Å². The van der Waals surface area contributed by atoms with Gasteiger partial charge in [0.15, 0.2) is 0 Å². The molecule has 1 aliphatic carbocycles. The molecule has 1 fully saturated rings. The smallest absolute Gasteiger partial charge is 0.291 e. The average molecular weight is 379 g/mol. The number of nitrogens with one attached hydrogen (secondary N) is 2. The van der Waals surface area contributed by atoms with Crippen LogP contribution in [0.3, 0.4) is 0 Å². The van der Waals surface area contributed by atoms with E-state index in [4.69, 9.17) is 0 Å². The maximum absolute atomic E-state index is 12.3. The lowest BCUT2D eigenvalue weighted by Crippen LogP contribution is -2.33. The lowest BCUT2D eigenvalue weighted by molar-refractivity contribution is 0.262. The zero-order valence-corrected chi connectivity index (χ0v) is 14.2. The fourth-order valence-corrected chi connectivity index (χ4v) is 2.98. The summed E-state index contributed by atoms with van der Waals surface area (Å²) in [4.78, 5) is 12.3. The molecular formula is C12H19BrN4O3S. The van der Waals surface area contributed by atoms with E-state index in [0.717, 1.165) is 19.1 Å². The molecule has 1 saturated carbocycles. The van der Waals surface area contributed by atoms with Crippen LogP contribution < -0.4 is 15.6 Å². The highest BCUT2D eigenvalue weighted by Crippen LogP contribution is 2.27. The first-order valence-electron chi connectivity index (χ1n) is 6.81. The lowest BCUT2D eigenvalue weighted by atomic mass is 9.85. The van der Waals surface area contributed by atoms with Crippen LogP contribution in [0.4, 0.5) is 5.69 Å². The normalized spacial score (nSPS) is 15.7. The Morgan fingerprint density at radius 2 is 2.14 bits per heavy atom. The minimum atomic E-state index is -3.22. The second kappa shape index (κ2) is 6.89. The van der Waals surface area contributed by atoms with Crippen molar-refractivity contribution < 1.29 is 8.42 Å². The Bertz CT molecular complexity index is 655. The maximum Gasteiger partial charge on any atom is 0.291 e. The Hall–Kier alpha value is -0.930. The summed E-state index contributed by atoms with van der Waals surface area (Å²) in [5.74, 6) is 0.538. The summed E-state index contributed by atoms with van der Waals surface area (Å²) in [7, 11) is -3.22. The van der Waals surface area contributed by atoms with E-state index in [0.29, 0.717) is 29.2 Å². The summed E-state index contributed by atoms with van der Waals surface area (Å²) in [6, 6.07) is 0. The molecule has 0 aliphatic heterocycles. The van der Waals surface area contributed by atoms with Crippen LogP contribution in [0.5, 0.6) is 0 Å². The van der Waals surface area contributed by atoms with Gasteiger partial charge in [-0.15, -0.1) is 0 Å². The van der Waals surface area contributed by atoms with Crippen molar-refractivity contribution in [3.05, 3.63) is 21.0 Å². The first-order chi connectivity index (χ1) is 9.87. The van der Waals surface area contributed by atoms with Gasteiger partial charge in [-0.3, -0.25) is 4.79 Å². The molecule has 7 nitrogen and oxygen atoms in total. The van der Waals surface area contributed by atoms with E-state index < -0.39 is 10.0 Å². The molecule has 0 amide bonds. The average Bonchev–Trinajstić information content (AvgIpc) is 2.33. The van der Waals surface area contributed by atoms with Crippen molar-refractivity contribution in [3.8, 4) is 0 Å². The number of hydrogen-bond donors (Lipinski definition) is 2. The minimum Gasteiger partial charge on any atom is -0.378 e. The monoisotopic (exact) mass is 378 g/mol. The highest BCUT2D eigenvalue weighted by molar-refractivity contribution is 9.10. The molecule has 2 rings (SSSR count). The van der Waals surface area contributed by atoms with Gasteiger partial charge in [0.25, 0.3) is 5.56 Å². The molecule has 0 spiro atoms. The second-order valence-corrected chi connectivity index (χ2v) is 7.93. The van der Waals surface area contributed by atoms with E-state index >= 15 is 0 Å². The number of hydrogen-bond acceptors (Lipinski definition) is 5. The summed E-state index contributed by atoms with van der Waals surface area (Å²) >= 11 is 3.29. The zero-order chi connectivity index (χ0) is 15.5. The van der Waals surface area contributed by atoms with Crippen molar-refractivity contribution in [2.24, 2.45) is 5.92 Å². The van der Waals surface area contributed by atoms with Gasteiger partial charge >= 0.3 is 0 Å². The van der Waals surface area contributed by atoms with Crippen LogP contribution in [-0.4, -0.2) is 37.5 Å². The fourth-order valence-electron chi connectivity index (χ4n) is 2.10. The van der Waals surface area contributed by atoms with Gasteiger partial charge in [-0.1, -0.05) is 6.42 Å². The predicted molar refractivity (Wildman–Crippen MR) is 84.9 cm³/mol. The molecule has 0 bridgehead atoms. The molecule has 2 N–H and O–H groups in total. The molecule has 21 heavy (non-hydrogen) atoms. The number of sulfonamides is 1. The number of anilines is 1. The van der Waals surface area contributed by atoms with Gasteiger partial charge < -0.3 is 5.32 Å². The van der Waals surface area contributed by atoms with Crippen molar-refractivity contribution in [2.75, 3.05) is 24.7 Å². The largest absolute Gasteiger partial charge is 0.378 e. The van der Waals surface area contributed by atoms with E-state index in [2.05, 4.69) is 31.1 Å². The summed E-state index contributed by atoms with van der Waals surface area (Å²) in [5, 5.41) is 7.09. The number of rotatable bonds is 7. The summed E-state index contributed by atoms with van der Waals surface area (Å²) in [6.07, 6.45) is 6.20. The van der Waals surface area contributed by atoms with Crippen molar-refractivity contribution in [2.45, 2.75) is 25.8 Å². The van der Waals surface area contributed by atoms with Gasteiger partial charge in [-0.05, 0) is 34.7 Å². The van der Waals surface area contributed by atoms with Crippen LogP contribution >= 0.6 is 15.9 Å². The predicted octanol–water partition coefficient (Wildman–Crippen LogP) is 0.767. The van der Waals surface area contributed by atoms with Crippen LogP contribution in [-0.2, 0) is 16.6 Å². The number of nitrogens with zero attached hydrogens (tertiary/aromatic N) is 2. The SMILES string of the molecule is CS(=O)(=O)NCCNc1c(Br)cnn(CC2CCC2)c1=O. The molecule has 118 valence electrons. The molecule has 0 saturated heterocycles. The Balaban J connectivity index is 2.00. The first-order valence-corrected chi connectivity index (χ1v) is 9.49. The van der Waals surface area contributed by atoms with Gasteiger partial charge in [0.2, 0.25) is 10.0 Å². The Morgan fingerprint density at radius 3 is 2.71 bits per heavy atom. The fraction of sp³-hybridized carbons (Fsp3) is 0.667. The van der Waals surface area contributed by atoms with E-state index in [-0.39, 0.29) is 12.1 Å². The standard InChI is InChI=1S/C12H19BrN4O3S/c1-21(19,20)16-6-5-14-11-10(13)7-15-17(12(11)18)8-9-3-2-4-9/h7,9,14,16H,2-6,8H2,1H3. The third-order valence-corrected chi connectivity index (χ3v) is 4.77. The maximum atomic E-state index is 12.3. The highest BCUT2D eigenvalue weighted by atomic mass is 79.9. The lowest BCUT2D eigenvalue weighted by Gasteiger charge is -2.25. The first kappa shape index (κ1) is 16.4. The van der Waals surface area contributed by atoms with Gasteiger partial charge in [0, 0.05) is 19.6 Å². The van der Waals surface area contributed by atoms with Crippen molar-refractivity contribution >= 4 is 31.6 Å². The van der Waals surface area contributed by atoms with Crippen molar-refractivity contribution in [1.82, 2.24) is 14.5 Å². The second-order valence-electron chi connectivity index (χ2n) is 5.24. The van der Waals surface area contributed by atoms with Gasteiger partial charge in [0.1, 0.15) is 5.69 Å². The van der Waals surface area contributed by atoms with Gasteiger partial charge in [0.05, 0.1) is 16.9 Å². The molecule has 0 radical (unpaired) electrons. The molecule has 1 heterocycles. The molecule has 1 aromatic rings. The topological polar surface area (TPSA) is 93.1 Å². The third-order valence-electron chi connectivity index (χ3n) is 3.44. The Labute approximate surface area is 132 Å². The molecule has 1 aromatic heterocycles. The zero-order valence-electron chi connectivity index (χ0n) is 11.8. The Kier molecular flexibility index (Phi) is 5.39. The van der Waals surface area contributed by atoms with E-state index in [9.17, 15) is 13.2 Å². The molecule has 0 aromatic carbocycles. The van der Waals surface area contributed by atoms with Crippen LogP contribution in [0.15, 0.2) is 15.5 Å². The molecule has 0 atom stereocenters. The van der Waals surface area contributed by atoms with Crippen LogP contribution in [0.25, 0.3) is 0 Å². The van der Waals surface area contributed by atoms with Gasteiger partial charge in [-0.25, -0.2) is 17.8 Å². The number of halogens is 1. The molecule has 0 unspecified atom stereocenters. The third kappa shape index (κ3) is 4.79. The highest BCUT2D eigenvalue weighted by Gasteiger charge is 2.20. The van der Waals surface area contributed by atoms with E-state index in [1.807, 2.05) is 0 Å². The summed E-state index contributed by atoms with van der Waals surface area (Å²) in [6.45, 7) is 1.19. The van der Waals surface area contributed by atoms with Crippen LogP contribution in [0.2, 0.25) is 0 Å². The number of aromatic nitrogens is 2. The summed E-state index contributed by atoms with van der Waals surface area (Å²) in [5.41, 5.74) is 0.232. The summed E-state index contributed by atoms with van der Waals surface area (Å²) < 4.78 is 26.4.